The highest BCUT2D eigenvalue weighted by Gasteiger charge is 2.22. The van der Waals surface area contributed by atoms with Crippen LogP contribution in [-0.2, 0) is 19.5 Å². The number of nitrogens with zero attached hydrogens (tertiary/aromatic N) is 3. The lowest BCUT2D eigenvalue weighted by Crippen LogP contribution is -2.35. The van der Waals surface area contributed by atoms with Gasteiger partial charge in [-0.2, -0.15) is 0 Å². The van der Waals surface area contributed by atoms with Gasteiger partial charge in [-0.05, 0) is 36.8 Å². The molecule has 0 saturated carbocycles. The highest BCUT2D eigenvalue weighted by Crippen LogP contribution is 2.24. The molecule has 5 rings (SSSR count). The average molecular weight is 371 g/mol. The van der Waals surface area contributed by atoms with Crippen molar-refractivity contribution >= 4 is 10.9 Å². The Labute approximate surface area is 162 Å². The van der Waals surface area contributed by atoms with Crippen molar-refractivity contribution in [2.75, 3.05) is 6.54 Å². The summed E-state index contributed by atoms with van der Waals surface area (Å²) in [7, 11) is 0. The van der Waals surface area contributed by atoms with Crippen LogP contribution in [0.1, 0.15) is 22.4 Å². The minimum atomic E-state index is -0.0525. The van der Waals surface area contributed by atoms with Crippen LogP contribution in [0.2, 0.25) is 0 Å². The number of hydrogen-bond donors (Lipinski definition) is 2. The highest BCUT2D eigenvalue weighted by atomic mass is 16.1. The van der Waals surface area contributed by atoms with Crippen molar-refractivity contribution in [1.82, 2.24) is 24.8 Å². The van der Waals surface area contributed by atoms with Crippen LogP contribution < -0.4 is 5.56 Å². The molecule has 3 aromatic heterocycles. The third-order valence-corrected chi connectivity index (χ3v) is 5.40. The molecule has 4 aromatic rings. The van der Waals surface area contributed by atoms with E-state index in [1.165, 1.54) is 16.5 Å². The molecule has 0 spiro atoms. The quantitative estimate of drug-likeness (QED) is 0.580. The monoisotopic (exact) mass is 371 g/mol. The van der Waals surface area contributed by atoms with Gasteiger partial charge in [0, 0.05) is 61.1 Å². The highest BCUT2D eigenvalue weighted by molar-refractivity contribution is 5.83. The lowest BCUT2D eigenvalue weighted by atomic mass is 10.0. The maximum Gasteiger partial charge on any atom is 0.255 e. The number of H-pyrrole nitrogens is 2. The molecule has 4 heterocycles. The molecule has 0 saturated heterocycles. The molecule has 6 heteroatoms. The molecule has 28 heavy (non-hydrogen) atoms. The average Bonchev–Trinajstić information content (AvgIpc) is 3.11. The van der Waals surface area contributed by atoms with Gasteiger partial charge < -0.3 is 9.97 Å². The standard InChI is InChI=1S/C22H21N5O/c1-14-4-5-19-17(9-14)16(11-24-19)12-27-8-6-20-18(13-27)22(28)26-21(25-20)15-3-2-7-23-10-15/h2-5,7,9-11,24H,6,8,12-13H2,1H3,(H,25,26,28). The van der Waals surface area contributed by atoms with E-state index in [2.05, 4.69) is 51.2 Å². The zero-order valence-electron chi connectivity index (χ0n) is 15.7. The van der Waals surface area contributed by atoms with Gasteiger partial charge in [-0.1, -0.05) is 11.6 Å². The Hall–Kier alpha value is -3.25. The molecule has 0 amide bonds. The Kier molecular flexibility index (Phi) is 4.06. The predicted molar refractivity (Wildman–Crippen MR) is 109 cm³/mol. The van der Waals surface area contributed by atoms with Gasteiger partial charge in [0.25, 0.3) is 5.56 Å². The molecule has 0 unspecified atom stereocenters. The van der Waals surface area contributed by atoms with E-state index in [1.807, 2.05) is 12.1 Å². The topological polar surface area (TPSA) is 77.7 Å². The Bertz CT molecular complexity index is 1210. The molecule has 6 nitrogen and oxygen atoms in total. The van der Waals surface area contributed by atoms with Crippen molar-refractivity contribution in [3.8, 4) is 11.4 Å². The molecule has 1 aromatic carbocycles. The van der Waals surface area contributed by atoms with Crippen LogP contribution in [0.15, 0.2) is 53.7 Å². The van der Waals surface area contributed by atoms with Crippen LogP contribution in [0.5, 0.6) is 0 Å². The number of aromatic amines is 2. The Morgan fingerprint density at radius 3 is 3.04 bits per heavy atom. The normalized spacial score (nSPS) is 14.3. The summed E-state index contributed by atoms with van der Waals surface area (Å²) in [5.41, 5.74) is 6.11. The third-order valence-electron chi connectivity index (χ3n) is 5.40. The van der Waals surface area contributed by atoms with Crippen molar-refractivity contribution in [2.24, 2.45) is 0 Å². The molecule has 2 N–H and O–H groups in total. The van der Waals surface area contributed by atoms with Crippen molar-refractivity contribution in [3.63, 3.8) is 0 Å². The predicted octanol–water partition coefficient (Wildman–Crippen LogP) is 3.18. The first-order chi connectivity index (χ1) is 13.7. The molecule has 140 valence electrons. The third kappa shape index (κ3) is 3.01. The largest absolute Gasteiger partial charge is 0.361 e. The number of nitrogens with one attached hydrogen (secondary N) is 2. The zero-order valence-corrected chi connectivity index (χ0v) is 15.7. The van der Waals surface area contributed by atoms with Crippen LogP contribution in [0.4, 0.5) is 0 Å². The fraction of sp³-hybridized carbons (Fsp3) is 0.227. The minimum absolute atomic E-state index is 0.0525. The smallest absolute Gasteiger partial charge is 0.255 e. The Morgan fingerprint density at radius 1 is 1.25 bits per heavy atom. The summed E-state index contributed by atoms with van der Waals surface area (Å²) < 4.78 is 0. The molecule has 0 atom stereocenters. The number of benzene rings is 1. The fourth-order valence-corrected chi connectivity index (χ4v) is 3.92. The molecule has 0 radical (unpaired) electrons. The SMILES string of the molecule is Cc1ccc2[nH]cc(CN3CCc4nc(-c5cccnc5)[nH]c(=O)c4C3)c2c1. The number of pyridine rings is 1. The number of fused-ring (bicyclic) bond motifs is 2. The molecule has 1 aliphatic rings. The fourth-order valence-electron chi connectivity index (χ4n) is 3.92. The minimum Gasteiger partial charge on any atom is -0.361 e. The second-order valence-corrected chi connectivity index (χ2v) is 7.41. The summed E-state index contributed by atoms with van der Waals surface area (Å²) in [5.74, 6) is 0.595. The van der Waals surface area contributed by atoms with Gasteiger partial charge in [0.15, 0.2) is 0 Å². The van der Waals surface area contributed by atoms with Crippen LogP contribution >= 0.6 is 0 Å². The van der Waals surface area contributed by atoms with Crippen LogP contribution in [0.25, 0.3) is 22.3 Å². The first-order valence-corrected chi connectivity index (χ1v) is 9.49. The van der Waals surface area contributed by atoms with Gasteiger partial charge in [0.2, 0.25) is 0 Å². The van der Waals surface area contributed by atoms with E-state index in [9.17, 15) is 4.79 Å². The summed E-state index contributed by atoms with van der Waals surface area (Å²) in [6.07, 6.45) is 6.28. The van der Waals surface area contributed by atoms with Gasteiger partial charge >= 0.3 is 0 Å². The lowest BCUT2D eigenvalue weighted by Gasteiger charge is -2.27. The van der Waals surface area contributed by atoms with Gasteiger partial charge in [-0.15, -0.1) is 0 Å². The number of aryl methyl sites for hydroxylation is 1. The zero-order chi connectivity index (χ0) is 19.1. The van der Waals surface area contributed by atoms with Gasteiger partial charge in [0.05, 0.1) is 11.3 Å². The second-order valence-electron chi connectivity index (χ2n) is 7.41. The molecule has 0 fully saturated rings. The molecule has 1 aliphatic heterocycles. The van der Waals surface area contributed by atoms with Crippen LogP contribution in [-0.4, -0.2) is 31.4 Å². The Morgan fingerprint density at radius 2 is 2.18 bits per heavy atom. The van der Waals surface area contributed by atoms with E-state index in [0.717, 1.165) is 41.8 Å². The van der Waals surface area contributed by atoms with Crippen molar-refractivity contribution in [3.05, 3.63) is 81.7 Å². The number of hydrogen-bond acceptors (Lipinski definition) is 4. The van der Waals surface area contributed by atoms with E-state index < -0.39 is 0 Å². The van der Waals surface area contributed by atoms with Crippen molar-refractivity contribution in [1.29, 1.82) is 0 Å². The van der Waals surface area contributed by atoms with E-state index in [0.29, 0.717) is 12.4 Å². The van der Waals surface area contributed by atoms with E-state index in [1.54, 1.807) is 12.4 Å². The summed E-state index contributed by atoms with van der Waals surface area (Å²) >= 11 is 0. The molecular formula is C22H21N5O. The summed E-state index contributed by atoms with van der Waals surface area (Å²) in [6, 6.07) is 10.2. The van der Waals surface area contributed by atoms with Gasteiger partial charge in [0.1, 0.15) is 5.82 Å². The van der Waals surface area contributed by atoms with Crippen molar-refractivity contribution < 1.29 is 0 Å². The van der Waals surface area contributed by atoms with Crippen LogP contribution in [0, 0.1) is 6.92 Å². The van der Waals surface area contributed by atoms with Crippen molar-refractivity contribution in [2.45, 2.75) is 26.4 Å². The first-order valence-electron chi connectivity index (χ1n) is 9.49. The second kappa shape index (κ2) is 6.73. The molecule has 0 aliphatic carbocycles. The van der Waals surface area contributed by atoms with E-state index in [-0.39, 0.29) is 5.56 Å². The first kappa shape index (κ1) is 16.9. The summed E-state index contributed by atoms with van der Waals surface area (Å²) in [5, 5.41) is 1.25. The maximum atomic E-state index is 12.7. The summed E-state index contributed by atoms with van der Waals surface area (Å²) in [4.78, 5) is 30.1. The molecule has 0 bridgehead atoms. The van der Waals surface area contributed by atoms with Gasteiger partial charge in [-0.25, -0.2) is 4.98 Å². The van der Waals surface area contributed by atoms with E-state index >= 15 is 0 Å². The maximum absolute atomic E-state index is 12.7. The molecular weight excluding hydrogens is 350 g/mol. The number of aromatic nitrogens is 4. The van der Waals surface area contributed by atoms with Crippen LogP contribution in [0.3, 0.4) is 0 Å². The van der Waals surface area contributed by atoms with Gasteiger partial charge in [-0.3, -0.25) is 14.7 Å². The number of rotatable bonds is 3. The lowest BCUT2D eigenvalue weighted by molar-refractivity contribution is 0.242. The Balaban J connectivity index is 1.42. The van der Waals surface area contributed by atoms with E-state index in [4.69, 9.17) is 4.98 Å². The summed E-state index contributed by atoms with van der Waals surface area (Å²) in [6.45, 7) is 4.42.